The maximum absolute atomic E-state index is 12.0. The molecule has 2 N–H and O–H groups in total. The molecule has 0 aliphatic heterocycles. The van der Waals surface area contributed by atoms with Gasteiger partial charge >= 0.3 is 0 Å². The van der Waals surface area contributed by atoms with Crippen molar-refractivity contribution in [2.45, 2.75) is 24.2 Å². The van der Waals surface area contributed by atoms with E-state index in [-0.39, 0.29) is 5.91 Å². The summed E-state index contributed by atoms with van der Waals surface area (Å²) in [5.74, 6) is 0.627. The number of anilines is 1. The number of benzene rings is 1. The van der Waals surface area contributed by atoms with E-state index in [1.165, 1.54) is 0 Å². The highest BCUT2D eigenvalue weighted by atomic mass is 32.2. The highest BCUT2D eigenvalue weighted by molar-refractivity contribution is 8.00. The SMILES string of the molecule is CN(C(=O)CSc1ccc(N)cc1)C1=CCCC1. The molecule has 2 rings (SSSR count). The van der Waals surface area contributed by atoms with Crippen molar-refractivity contribution in [3.05, 3.63) is 36.0 Å². The van der Waals surface area contributed by atoms with Crippen molar-refractivity contribution in [1.82, 2.24) is 4.90 Å². The number of nitrogens with two attached hydrogens (primary N) is 1. The van der Waals surface area contributed by atoms with E-state index in [1.54, 1.807) is 16.7 Å². The Morgan fingerprint density at radius 1 is 1.39 bits per heavy atom. The van der Waals surface area contributed by atoms with Crippen molar-refractivity contribution in [3.8, 4) is 0 Å². The second kappa shape index (κ2) is 5.96. The number of hydrogen-bond donors (Lipinski definition) is 1. The normalized spacial score (nSPS) is 14.4. The smallest absolute Gasteiger partial charge is 0.236 e. The Morgan fingerprint density at radius 2 is 2.11 bits per heavy atom. The number of allylic oxidation sites excluding steroid dienone is 2. The summed E-state index contributed by atoms with van der Waals surface area (Å²) in [6, 6.07) is 7.61. The van der Waals surface area contributed by atoms with Crippen molar-refractivity contribution in [2.75, 3.05) is 18.5 Å². The van der Waals surface area contributed by atoms with Crippen molar-refractivity contribution in [2.24, 2.45) is 0 Å². The Hall–Kier alpha value is -1.42. The Kier molecular flexibility index (Phi) is 4.31. The molecule has 0 radical (unpaired) electrons. The molecule has 3 nitrogen and oxygen atoms in total. The van der Waals surface area contributed by atoms with Crippen molar-refractivity contribution in [3.63, 3.8) is 0 Å². The summed E-state index contributed by atoms with van der Waals surface area (Å²) in [4.78, 5) is 14.9. The molecule has 0 saturated carbocycles. The number of carbonyl (C=O) groups is 1. The van der Waals surface area contributed by atoms with Gasteiger partial charge in [0, 0.05) is 23.3 Å². The number of nitrogen functional groups attached to an aromatic ring is 1. The highest BCUT2D eigenvalue weighted by Gasteiger charge is 2.15. The predicted molar refractivity (Wildman–Crippen MR) is 76.3 cm³/mol. The van der Waals surface area contributed by atoms with Gasteiger partial charge in [0.2, 0.25) is 5.91 Å². The van der Waals surface area contributed by atoms with Crippen LogP contribution >= 0.6 is 11.8 Å². The van der Waals surface area contributed by atoms with Gasteiger partial charge in [0.05, 0.1) is 5.75 Å². The molecular weight excluding hydrogens is 244 g/mol. The molecule has 0 bridgehead atoms. The summed E-state index contributed by atoms with van der Waals surface area (Å²) < 4.78 is 0. The maximum atomic E-state index is 12.0. The third-order valence-corrected chi connectivity index (χ3v) is 4.06. The average molecular weight is 262 g/mol. The lowest BCUT2D eigenvalue weighted by molar-refractivity contribution is -0.125. The molecule has 1 aliphatic carbocycles. The molecule has 1 aliphatic rings. The van der Waals surface area contributed by atoms with Crippen LogP contribution in [-0.4, -0.2) is 23.6 Å². The molecule has 0 fully saturated rings. The lowest BCUT2D eigenvalue weighted by atomic mass is 10.3. The van der Waals surface area contributed by atoms with Gasteiger partial charge in [-0.1, -0.05) is 6.08 Å². The Morgan fingerprint density at radius 3 is 2.72 bits per heavy atom. The first-order valence-electron chi connectivity index (χ1n) is 6.11. The number of hydrogen-bond acceptors (Lipinski definition) is 3. The Balaban J connectivity index is 1.86. The van der Waals surface area contributed by atoms with Crippen LogP contribution in [0, 0.1) is 0 Å². The van der Waals surface area contributed by atoms with E-state index in [9.17, 15) is 4.79 Å². The summed E-state index contributed by atoms with van der Waals surface area (Å²) in [5, 5.41) is 0. The fraction of sp³-hybridized carbons (Fsp3) is 0.357. The van der Waals surface area contributed by atoms with Gasteiger partial charge in [0.1, 0.15) is 0 Å². The first-order valence-corrected chi connectivity index (χ1v) is 7.09. The quantitative estimate of drug-likeness (QED) is 0.670. The zero-order chi connectivity index (χ0) is 13.0. The molecule has 0 aromatic heterocycles. The predicted octanol–water partition coefficient (Wildman–Crippen LogP) is 2.89. The van der Waals surface area contributed by atoms with Crippen LogP contribution in [0.15, 0.2) is 40.9 Å². The standard InChI is InChI=1S/C14H18N2OS/c1-16(12-4-2-3-5-12)14(17)10-18-13-8-6-11(15)7-9-13/h4,6-9H,2-3,5,10,15H2,1H3. The van der Waals surface area contributed by atoms with Crippen molar-refractivity contribution < 1.29 is 4.79 Å². The van der Waals surface area contributed by atoms with Crippen LogP contribution in [0.5, 0.6) is 0 Å². The van der Waals surface area contributed by atoms with Crippen LogP contribution in [0.3, 0.4) is 0 Å². The van der Waals surface area contributed by atoms with E-state index in [2.05, 4.69) is 6.08 Å². The number of carbonyl (C=O) groups excluding carboxylic acids is 1. The molecule has 96 valence electrons. The number of thioether (sulfide) groups is 1. The summed E-state index contributed by atoms with van der Waals surface area (Å²) in [5.41, 5.74) is 7.54. The highest BCUT2D eigenvalue weighted by Crippen LogP contribution is 2.23. The van der Waals surface area contributed by atoms with Crippen LogP contribution < -0.4 is 5.73 Å². The molecule has 1 aromatic rings. The minimum absolute atomic E-state index is 0.157. The van der Waals surface area contributed by atoms with Crippen LogP contribution in [-0.2, 0) is 4.79 Å². The summed E-state index contributed by atoms with van der Waals surface area (Å²) >= 11 is 1.55. The fourth-order valence-corrected chi connectivity index (χ4v) is 2.74. The zero-order valence-electron chi connectivity index (χ0n) is 10.6. The second-order valence-corrected chi connectivity index (χ2v) is 5.45. The molecule has 1 amide bonds. The summed E-state index contributed by atoms with van der Waals surface area (Å²) in [6.07, 6.45) is 5.44. The van der Waals surface area contributed by atoms with Crippen LogP contribution in [0.25, 0.3) is 0 Å². The first-order chi connectivity index (χ1) is 8.66. The zero-order valence-corrected chi connectivity index (χ0v) is 11.4. The lowest BCUT2D eigenvalue weighted by Gasteiger charge is -2.18. The van der Waals surface area contributed by atoms with E-state index in [0.29, 0.717) is 5.75 Å². The van der Waals surface area contributed by atoms with Gasteiger partial charge in [-0.25, -0.2) is 0 Å². The largest absolute Gasteiger partial charge is 0.399 e. The van der Waals surface area contributed by atoms with Gasteiger partial charge in [-0.2, -0.15) is 0 Å². The van der Waals surface area contributed by atoms with E-state index in [4.69, 9.17) is 5.73 Å². The first kappa shape index (κ1) is 13.0. The monoisotopic (exact) mass is 262 g/mol. The molecule has 18 heavy (non-hydrogen) atoms. The van der Waals surface area contributed by atoms with Crippen LogP contribution in [0.1, 0.15) is 19.3 Å². The van der Waals surface area contributed by atoms with Gasteiger partial charge in [0.25, 0.3) is 0 Å². The lowest BCUT2D eigenvalue weighted by Crippen LogP contribution is -2.26. The number of amides is 1. The van der Waals surface area contributed by atoms with E-state index >= 15 is 0 Å². The van der Waals surface area contributed by atoms with Gasteiger partial charge in [-0.3, -0.25) is 4.79 Å². The topological polar surface area (TPSA) is 46.3 Å². The molecule has 1 aromatic carbocycles. The molecule has 0 heterocycles. The Bertz CT molecular complexity index is 453. The molecule has 0 atom stereocenters. The average Bonchev–Trinajstić information content (AvgIpc) is 2.90. The fourth-order valence-electron chi connectivity index (χ4n) is 1.92. The third kappa shape index (κ3) is 3.29. The van der Waals surface area contributed by atoms with Gasteiger partial charge in [-0.15, -0.1) is 11.8 Å². The molecule has 0 unspecified atom stereocenters. The molecular formula is C14H18N2OS. The van der Waals surface area contributed by atoms with E-state index in [1.807, 2.05) is 31.3 Å². The summed E-state index contributed by atoms with van der Waals surface area (Å²) in [7, 11) is 1.86. The maximum Gasteiger partial charge on any atom is 0.236 e. The second-order valence-electron chi connectivity index (χ2n) is 4.40. The minimum Gasteiger partial charge on any atom is -0.399 e. The molecule has 0 spiro atoms. The minimum atomic E-state index is 0.157. The van der Waals surface area contributed by atoms with Gasteiger partial charge in [-0.05, 0) is 43.5 Å². The van der Waals surface area contributed by atoms with Gasteiger partial charge < -0.3 is 10.6 Å². The summed E-state index contributed by atoms with van der Waals surface area (Å²) in [6.45, 7) is 0. The van der Waals surface area contributed by atoms with Crippen LogP contribution in [0.2, 0.25) is 0 Å². The number of nitrogens with zero attached hydrogens (tertiary/aromatic N) is 1. The van der Waals surface area contributed by atoms with E-state index in [0.717, 1.165) is 35.5 Å². The van der Waals surface area contributed by atoms with Crippen LogP contribution in [0.4, 0.5) is 5.69 Å². The molecule has 4 heteroatoms. The molecule has 0 saturated heterocycles. The Labute approximate surface area is 112 Å². The third-order valence-electron chi connectivity index (χ3n) is 3.06. The van der Waals surface area contributed by atoms with E-state index < -0.39 is 0 Å². The number of rotatable bonds is 4. The van der Waals surface area contributed by atoms with Crippen molar-refractivity contribution >= 4 is 23.4 Å². The van der Waals surface area contributed by atoms with Crippen molar-refractivity contribution in [1.29, 1.82) is 0 Å². The van der Waals surface area contributed by atoms with Gasteiger partial charge in [0.15, 0.2) is 0 Å².